The van der Waals surface area contributed by atoms with Crippen molar-refractivity contribution in [3.05, 3.63) is 0 Å². The summed E-state index contributed by atoms with van der Waals surface area (Å²) in [4.78, 5) is 13.9. The normalized spacial score (nSPS) is 23.2. The van der Waals surface area contributed by atoms with Crippen molar-refractivity contribution in [2.75, 3.05) is 20.1 Å². The lowest BCUT2D eigenvalue weighted by atomic mass is 10.0. The summed E-state index contributed by atoms with van der Waals surface area (Å²) in [5, 5.41) is 3.30. The molecule has 1 N–H and O–H groups in total. The molecule has 0 aromatic heterocycles. The van der Waals surface area contributed by atoms with Gasteiger partial charge in [-0.1, -0.05) is 27.2 Å². The molecule has 1 aliphatic rings. The quantitative estimate of drug-likeness (QED) is 0.750. The minimum atomic E-state index is 0.347. The fourth-order valence-electron chi connectivity index (χ4n) is 2.50. The Kier molecular flexibility index (Phi) is 5.26. The zero-order chi connectivity index (χ0) is 12.1. The van der Waals surface area contributed by atoms with Gasteiger partial charge in [0.05, 0.1) is 0 Å². The van der Waals surface area contributed by atoms with Crippen molar-refractivity contribution in [1.82, 2.24) is 10.2 Å². The smallest absolute Gasteiger partial charge is 0.222 e. The Hall–Kier alpha value is -0.570. The topological polar surface area (TPSA) is 32.3 Å². The lowest BCUT2D eigenvalue weighted by Gasteiger charge is -2.26. The Morgan fingerprint density at radius 1 is 1.50 bits per heavy atom. The summed E-state index contributed by atoms with van der Waals surface area (Å²) in [5.41, 5.74) is 0. The van der Waals surface area contributed by atoms with E-state index in [1.165, 1.54) is 12.8 Å². The second kappa shape index (κ2) is 6.24. The molecule has 16 heavy (non-hydrogen) atoms. The number of carbonyl (C=O) groups excluding carboxylic acids is 1. The molecular weight excluding hydrogens is 200 g/mol. The Morgan fingerprint density at radius 2 is 2.19 bits per heavy atom. The summed E-state index contributed by atoms with van der Waals surface area (Å²) in [6, 6.07) is 0.421. The second-order valence-corrected chi connectivity index (χ2v) is 5.30. The SMILES string of the molecule is CCCC1CC(=O)N(CC(NC)C(C)C)C1. The van der Waals surface area contributed by atoms with Crippen molar-refractivity contribution in [3.8, 4) is 0 Å². The van der Waals surface area contributed by atoms with Crippen LogP contribution in [0.2, 0.25) is 0 Å². The number of amides is 1. The minimum Gasteiger partial charge on any atom is -0.341 e. The van der Waals surface area contributed by atoms with Gasteiger partial charge in [-0.25, -0.2) is 0 Å². The first kappa shape index (κ1) is 13.5. The van der Waals surface area contributed by atoms with Gasteiger partial charge in [0.2, 0.25) is 5.91 Å². The average molecular weight is 226 g/mol. The van der Waals surface area contributed by atoms with Crippen LogP contribution in [0.3, 0.4) is 0 Å². The molecule has 0 saturated carbocycles. The fourth-order valence-corrected chi connectivity index (χ4v) is 2.50. The summed E-state index contributed by atoms with van der Waals surface area (Å²) in [5.74, 6) is 1.52. The lowest BCUT2D eigenvalue weighted by Crippen LogP contribution is -2.43. The molecule has 0 radical (unpaired) electrons. The van der Waals surface area contributed by atoms with Crippen molar-refractivity contribution < 1.29 is 4.79 Å². The summed E-state index contributed by atoms with van der Waals surface area (Å²) in [6.45, 7) is 8.43. The highest BCUT2D eigenvalue weighted by atomic mass is 16.2. The molecular formula is C13H26N2O. The molecule has 1 heterocycles. The minimum absolute atomic E-state index is 0.347. The Morgan fingerprint density at radius 3 is 2.69 bits per heavy atom. The van der Waals surface area contributed by atoms with E-state index in [1.54, 1.807) is 0 Å². The van der Waals surface area contributed by atoms with Gasteiger partial charge in [-0.2, -0.15) is 0 Å². The number of likely N-dealkylation sites (N-methyl/N-ethyl adjacent to an activating group) is 1. The molecule has 1 aliphatic heterocycles. The van der Waals surface area contributed by atoms with E-state index in [-0.39, 0.29) is 0 Å². The van der Waals surface area contributed by atoms with E-state index in [2.05, 4.69) is 26.1 Å². The molecule has 1 amide bonds. The highest BCUT2D eigenvalue weighted by molar-refractivity contribution is 5.78. The number of nitrogens with zero attached hydrogens (tertiary/aromatic N) is 1. The van der Waals surface area contributed by atoms with Crippen molar-refractivity contribution in [1.29, 1.82) is 0 Å². The first-order chi connectivity index (χ1) is 7.58. The summed E-state index contributed by atoms with van der Waals surface area (Å²) in [6.07, 6.45) is 3.14. The van der Waals surface area contributed by atoms with Crippen molar-refractivity contribution >= 4 is 5.91 Å². The van der Waals surface area contributed by atoms with Gasteiger partial charge >= 0.3 is 0 Å². The summed E-state index contributed by atoms with van der Waals surface area (Å²) >= 11 is 0. The number of carbonyl (C=O) groups is 1. The second-order valence-electron chi connectivity index (χ2n) is 5.30. The molecule has 0 spiro atoms. The van der Waals surface area contributed by atoms with Crippen molar-refractivity contribution in [2.45, 2.75) is 46.1 Å². The third-order valence-corrected chi connectivity index (χ3v) is 3.58. The maximum atomic E-state index is 11.8. The molecule has 1 rings (SSSR count). The van der Waals surface area contributed by atoms with Gasteiger partial charge in [0.25, 0.3) is 0 Å². The fraction of sp³-hybridized carbons (Fsp3) is 0.923. The van der Waals surface area contributed by atoms with Crippen LogP contribution in [0.5, 0.6) is 0 Å². The van der Waals surface area contributed by atoms with Gasteiger partial charge in [-0.05, 0) is 25.3 Å². The van der Waals surface area contributed by atoms with Crippen LogP contribution in [-0.2, 0) is 4.79 Å². The molecule has 3 nitrogen and oxygen atoms in total. The van der Waals surface area contributed by atoms with E-state index in [4.69, 9.17) is 0 Å². The molecule has 94 valence electrons. The molecule has 3 heteroatoms. The molecule has 0 aromatic rings. The predicted molar refractivity (Wildman–Crippen MR) is 67.3 cm³/mol. The summed E-state index contributed by atoms with van der Waals surface area (Å²) < 4.78 is 0. The van der Waals surface area contributed by atoms with Crippen LogP contribution in [-0.4, -0.2) is 37.0 Å². The Bertz CT molecular complexity index is 228. The predicted octanol–water partition coefficient (Wildman–Crippen LogP) is 1.88. The van der Waals surface area contributed by atoms with Gasteiger partial charge in [0.1, 0.15) is 0 Å². The van der Waals surface area contributed by atoms with E-state index >= 15 is 0 Å². The van der Waals surface area contributed by atoms with E-state index in [0.29, 0.717) is 23.8 Å². The number of nitrogens with one attached hydrogen (secondary N) is 1. The van der Waals surface area contributed by atoms with Gasteiger partial charge in [0.15, 0.2) is 0 Å². The monoisotopic (exact) mass is 226 g/mol. The van der Waals surface area contributed by atoms with Crippen LogP contribution < -0.4 is 5.32 Å². The van der Waals surface area contributed by atoms with E-state index in [9.17, 15) is 4.79 Å². The molecule has 2 atom stereocenters. The summed E-state index contributed by atoms with van der Waals surface area (Å²) in [7, 11) is 1.98. The van der Waals surface area contributed by atoms with Crippen LogP contribution in [0.25, 0.3) is 0 Å². The number of likely N-dealkylation sites (tertiary alicyclic amines) is 1. The largest absolute Gasteiger partial charge is 0.341 e. The maximum absolute atomic E-state index is 11.8. The molecule has 0 aromatic carbocycles. The number of hydrogen-bond acceptors (Lipinski definition) is 2. The van der Waals surface area contributed by atoms with Crippen molar-refractivity contribution in [2.24, 2.45) is 11.8 Å². The average Bonchev–Trinajstić information content (AvgIpc) is 2.55. The Labute approximate surface area is 99.6 Å². The first-order valence-corrected chi connectivity index (χ1v) is 6.53. The van der Waals surface area contributed by atoms with Crippen LogP contribution in [0.15, 0.2) is 0 Å². The van der Waals surface area contributed by atoms with Gasteiger partial charge < -0.3 is 10.2 Å². The van der Waals surface area contributed by atoms with E-state index in [0.717, 1.165) is 19.5 Å². The van der Waals surface area contributed by atoms with Crippen LogP contribution in [0.4, 0.5) is 0 Å². The van der Waals surface area contributed by atoms with E-state index in [1.807, 2.05) is 11.9 Å². The Balaban J connectivity index is 2.45. The maximum Gasteiger partial charge on any atom is 0.222 e. The van der Waals surface area contributed by atoms with Crippen LogP contribution >= 0.6 is 0 Å². The van der Waals surface area contributed by atoms with E-state index < -0.39 is 0 Å². The molecule has 1 fully saturated rings. The van der Waals surface area contributed by atoms with Crippen LogP contribution in [0.1, 0.15) is 40.0 Å². The number of hydrogen-bond donors (Lipinski definition) is 1. The van der Waals surface area contributed by atoms with Gasteiger partial charge in [0, 0.05) is 25.6 Å². The molecule has 1 saturated heterocycles. The highest BCUT2D eigenvalue weighted by Crippen LogP contribution is 2.22. The van der Waals surface area contributed by atoms with Crippen molar-refractivity contribution in [3.63, 3.8) is 0 Å². The highest BCUT2D eigenvalue weighted by Gasteiger charge is 2.30. The standard InChI is InChI=1S/C13H26N2O/c1-5-6-11-7-13(16)15(8-11)9-12(14-4)10(2)3/h10-12,14H,5-9H2,1-4H3. The van der Waals surface area contributed by atoms with Gasteiger partial charge in [-0.3, -0.25) is 4.79 Å². The third kappa shape index (κ3) is 3.48. The molecule has 2 unspecified atom stereocenters. The molecule has 0 bridgehead atoms. The number of rotatable bonds is 6. The van der Waals surface area contributed by atoms with Gasteiger partial charge in [-0.15, -0.1) is 0 Å². The zero-order valence-electron chi connectivity index (χ0n) is 11.1. The lowest BCUT2D eigenvalue weighted by molar-refractivity contribution is -0.128. The third-order valence-electron chi connectivity index (χ3n) is 3.58. The van der Waals surface area contributed by atoms with Crippen LogP contribution in [0, 0.1) is 11.8 Å². The first-order valence-electron chi connectivity index (χ1n) is 6.53. The zero-order valence-corrected chi connectivity index (χ0v) is 11.1. The molecule has 0 aliphatic carbocycles.